The molecule has 106 valence electrons. The Morgan fingerprint density at radius 2 is 1.71 bits per heavy atom. The first-order valence-corrected chi connectivity index (χ1v) is 7.28. The van der Waals surface area contributed by atoms with E-state index in [0.717, 1.165) is 11.3 Å². The highest BCUT2D eigenvalue weighted by molar-refractivity contribution is 7.79. The van der Waals surface area contributed by atoms with Crippen LogP contribution in [0.1, 0.15) is 5.56 Å². The minimum atomic E-state index is -2.23. The predicted molar refractivity (Wildman–Crippen MR) is 76.5 cm³/mol. The highest BCUT2D eigenvalue weighted by atomic mass is 32.2. The molecule has 21 heavy (non-hydrogen) atoms. The van der Waals surface area contributed by atoms with Crippen LogP contribution in [0.4, 0.5) is 0 Å². The van der Waals surface area contributed by atoms with Crippen LogP contribution in [0, 0.1) is 6.92 Å². The lowest BCUT2D eigenvalue weighted by Crippen LogP contribution is -1.98. The standard InChI is InChI=1S/C14H12N4O2S/c1-10-2-6-12(7-3-10)18-16-14(15-17-18)11-4-8-13(9-5-11)21(19)20/h2-9H,1H3,(H,19,20)/p-1. The molecular weight excluding hydrogens is 288 g/mol. The van der Waals surface area contributed by atoms with Gasteiger partial charge in [0.1, 0.15) is 0 Å². The van der Waals surface area contributed by atoms with Gasteiger partial charge in [-0.3, -0.25) is 4.21 Å². The van der Waals surface area contributed by atoms with Gasteiger partial charge in [0.2, 0.25) is 5.82 Å². The Balaban J connectivity index is 1.90. The van der Waals surface area contributed by atoms with Gasteiger partial charge in [0.15, 0.2) is 0 Å². The van der Waals surface area contributed by atoms with Crippen molar-refractivity contribution in [3.8, 4) is 17.1 Å². The van der Waals surface area contributed by atoms with Gasteiger partial charge in [0.05, 0.1) is 5.69 Å². The fourth-order valence-electron chi connectivity index (χ4n) is 1.83. The molecule has 0 bridgehead atoms. The second-order valence-corrected chi connectivity index (χ2v) is 5.44. The summed E-state index contributed by atoms with van der Waals surface area (Å²) < 4.78 is 21.6. The SMILES string of the molecule is Cc1ccc(-n2nnc(-c3ccc(S(=O)[O-])cc3)n2)cc1. The maximum absolute atomic E-state index is 10.8. The van der Waals surface area contributed by atoms with Crippen LogP contribution >= 0.6 is 0 Å². The lowest BCUT2D eigenvalue weighted by atomic mass is 10.2. The van der Waals surface area contributed by atoms with Crippen molar-refractivity contribution in [3.63, 3.8) is 0 Å². The van der Waals surface area contributed by atoms with Gasteiger partial charge in [-0.05, 0) is 59.6 Å². The van der Waals surface area contributed by atoms with E-state index < -0.39 is 11.1 Å². The van der Waals surface area contributed by atoms with Crippen molar-refractivity contribution in [2.75, 3.05) is 0 Å². The topological polar surface area (TPSA) is 83.7 Å². The summed E-state index contributed by atoms with van der Waals surface area (Å²) in [4.78, 5) is 1.67. The zero-order chi connectivity index (χ0) is 14.8. The van der Waals surface area contributed by atoms with Crippen molar-refractivity contribution >= 4 is 11.1 Å². The minimum Gasteiger partial charge on any atom is -0.768 e. The third-order valence-corrected chi connectivity index (χ3v) is 3.64. The number of benzene rings is 2. The second-order valence-electron chi connectivity index (χ2n) is 4.50. The van der Waals surface area contributed by atoms with E-state index in [2.05, 4.69) is 15.4 Å². The zero-order valence-electron chi connectivity index (χ0n) is 11.1. The van der Waals surface area contributed by atoms with Gasteiger partial charge >= 0.3 is 0 Å². The Labute approximate surface area is 123 Å². The first-order valence-electron chi connectivity index (χ1n) is 6.20. The van der Waals surface area contributed by atoms with E-state index in [-0.39, 0.29) is 4.90 Å². The van der Waals surface area contributed by atoms with E-state index >= 15 is 0 Å². The smallest absolute Gasteiger partial charge is 0.205 e. The van der Waals surface area contributed by atoms with E-state index in [0.29, 0.717) is 11.4 Å². The number of tetrazole rings is 1. The first kappa shape index (κ1) is 13.6. The minimum absolute atomic E-state index is 0.227. The predicted octanol–water partition coefficient (Wildman–Crippen LogP) is 1.88. The molecule has 0 radical (unpaired) electrons. The summed E-state index contributed by atoms with van der Waals surface area (Å²) in [6.45, 7) is 2.01. The van der Waals surface area contributed by atoms with Crippen LogP contribution < -0.4 is 0 Å². The summed E-state index contributed by atoms with van der Waals surface area (Å²) >= 11 is -2.23. The monoisotopic (exact) mass is 299 g/mol. The average molecular weight is 299 g/mol. The van der Waals surface area contributed by atoms with Gasteiger partial charge in [0.25, 0.3) is 0 Å². The fourth-order valence-corrected chi connectivity index (χ4v) is 2.19. The molecule has 0 aliphatic heterocycles. The lowest BCUT2D eigenvalue weighted by Gasteiger charge is -2.04. The zero-order valence-corrected chi connectivity index (χ0v) is 11.9. The van der Waals surface area contributed by atoms with E-state index in [9.17, 15) is 8.76 Å². The third-order valence-electron chi connectivity index (χ3n) is 2.98. The van der Waals surface area contributed by atoms with Crippen molar-refractivity contribution in [1.82, 2.24) is 20.2 Å². The van der Waals surface area contributed by atoms with Gasteiger partial charge < -0.3 is 4.55 Å². The van der Waals surface area contributed by atoms with Crippen LogP contribution in [0.25, 0.3) is 17.1 Å². The summed E-state index contributed by atoms with van der Waals surface area (Å²) in [5.41, 5.74) is 2.68. The third kappa shape index (κ3) is 2.88. The summed E-state index contributed by atoms with van der Waals surface area (Å²) in [5, 5.41) is 12.3. The normalized spacial score (nSPS) is 12.3. The molecule has 0 aliphatic rings. The van der Waals surface area contributed by atoms with Gasteiger partial charge in [-0.1, -0.05) is 17.7 Å². The Kier molecular flexibility index (Phi) is 3.59. The van der Waals surface area contributed by atoms with Crippen LogP contribution in [-0.2, 0) is 11.1 Å². The summed E-state index contributed by atoms with van der Waals surface area (Å²) in [7, 11) is 0. The van der Waals surface area contributed by atoms with Crippen molar-refractivity contribution in [2.24, 2.45) is 0 Å². The van der Waals surface area contributed by atoms with E-state index in [1.807, 2.05) is 31.2 Å². The molecule has 0 fully saturated rings. The molecule has 1 atom stereocenters. The van der Waals surface area contributed by atoms with Crippen molar-refractivity contribution in [3.05, 3.63) is 54.1 Å². The molecule has 1 aromatic heterocycles. The Bertz CT molecular complexity index is 781. The Morgan fingerprint density at radius 3 is 2.33 bits per heavy atom. The summed E-state index contributed by atoms with van der Waals surface area (Å²) in [6.07, 6.45) is 0. The van der Waals surface area contributed by atoms with Gasteiger partial charge in [-0.2, -0.15) is 0 Å². The average Bonchev–Trinajstić information content (AvgIpc) is 2.98. The quantitative estimate of drug-likeness (QED) is 0.689. The molecule has 7 heteroatoms. The highest BCUT2D eigenvalue weighted by Crippen LogP contribution is 2.17. The molecule has 0 saturated heterocycles. The molecule has 6 nitrogen and oxygen atoms in total. The number of hydrogen-bond donors (Lipinski definition) is 0. The van der Waals surface area contributed by atoms with E-state index in [1.54, 1.807) is 12.1 Å². The maximum atomic E-state index is 10.8. The number of hydrogen-bond acceptors (Lipinski definition) is 5. The molecule has 0 saturated carbocycles. The van der Waals surface area contributed by atoms with Crippen LogP contribution in [0.5, 0.6) is 0 Å². The summed E-state index contributed by atoms with van der Waals surface area (Å²) in [6, 6.07) is 14.1. The number of nitrogens with zero attached hydrogens (tertiary/aromatic N) is 4. The highest BCUT2D eigenvalue weighted by Gasteiger charge is 2.07. The van der Waals surface area contributed by atoms with Crippen molar-refractivity contribution in [1.29, 1.82) is 0 Å². The van der Waals surface area contributed by atoms with Crippen LogP contribution in [0.2, 0.25) is 0 Å². The second kappa shape index (κ2) is 5.55. The fraction of sp³-hybridized carbons (Fsp3) is 0.0714. The molecule has 0 amide bonds. The number of aromatic nitrogens is 4. The largest absolute Gasteiger partial charge is 0.768 e. The molecule has 1 unspecified atom stereocenters. The molecule has 3 aromatic rings. The molecule has 0 aliphatic carbocycles. The number of rotatable bonds is 3. The molecule has 0 spiro atoms. The Morgan fingerprint density at radius 1 is 1.05 bits per heavy atom. The van der Waals surface area contributed by atoms with E-state index in [1.165, 1.54) is 16.9 Å². The van der Waals surface area contributed by atoms with Crippen molar-refractivity contribution < 1.29 is 8.76 Å². The molecule has 1 heterocycles. The lowest BCUT2D eigenvalue weighted by molar-refractivity contribution is 0.537. The van der Waals surface area contributed by atoms with Gasteiger partial charge in [-0.15, -0.1) is 15.0 Å². The number of aryl methyl sites for hydroxylation is 1. The molecule has 0 N–H and O–H groups in total. The van der Waals surface area contributed by atoms with E-state index in [4.69, 9.17) is 0 Å². The first-order chi connectivity index (χ1) is 10.1. The van der Waals surface area contributed by atoms with Crippen molar-refractivity contribution in [2.45, 2.75) is 11.8 Å². The van der Waals surface area contributed by atoms with Gasteiger partial charge in [-0.25, -0.2) is 0 Å². The van der Waals surface area contributed by atoms with Crippen LogP contribution in [0.15, 0.2) is 53.4 Å². The molecule has 3 rings (SSSR count). The summed E-state index contributed by atoms with van der Waals surface area (Å²) in [5.74, 6) is 0.443. The van der Waals surface area contributed by atoms with Crippen LogP contribution in [-0.4, -0.2) is 29.0 Å². The van der Waals surface area contributed by atoms with Crippen LogP contribution in [0.3, 0.4) is 0 Å². The maximum Gasteiger partial charge on any atom is 0.205 e. The Hall–Kier alpha value is -2.38. The van der Waals surface area contributed by atoms with Gasteiger partial charge in [0, 0.05) is 10.5 Å². The molecule has 2 aromatic carbocycles. The molecular formula is C14H11N4O2S-.